The molecular formula is C10H12FNOS. The molecule has 1 aromatic rings. The van der Waals surface area contributed by atoms with Crippen LogP contribution in [0.1, 0.15) is 5.56 Å². The van der Waals surface area contributed by atoms with Gasteiger partial charge in [0.25, 0.3) is 0 Å². The number of halogens is 1. The number of nitrogens with one attached hydrogen (secondary N) is 1. The summed E-state index contributed by atoms with van der Waals surface area (Å²) in [5, 5.41) is 0. The molecule has 0 spiro atoms. The monoisotopic (exact) mass is 213 g/mol. The molecule has 0 saturated carbocycles. The second-order valence-corrected chi connectivity index (χ2v) is 3.02. The molecule has 0 unspecified atom stereocenters. The minimum absolute atomic E-state index is 0.242. The van der Waals surface area contributed by atoms with Crippen molar-refractivity contribution >= 4 is 12.8 Å². The zero-order valence-corrected chi connectivity index (χ0v) is 8.56. The first-order valence-corrected chi connectivity index (χ1v) is 4.61. The Labute approximate surface area is 88.3 Å². The van der Waals surface area contributed by atoms with Crippen LogP contribution in [0.3, 0.4) is 0 Å². The summed E-state index contributed by atoms with van der Waals surface area (Å²) in [6.07, 6.45) is 1.57. The molecule has 0 amide bonds. The molecule has 0 radical (unpaired) electrons. The van der Waals surface area contributed by atoms with E-state index in [1.807, 2.05) is 0 Å². The number of thiol groups is 1. The second-order valence-electron chi connectivity index (χ2n) is 2.70. The van der Waals surface area contributed by atoms with E-state index in [1.54, 1.807) is 18.2 Å². The molecule has 1 rings (SSSR count). The maximum atomic E-state index is 13.1. The van der Waals surface area contributed by atoms with E-state index in [0.29, 0.717) is 13.2 Å². The van der Waals surface area contributed by atoms with Gasteiger partial charge in [-0.15, -0.1) is 0 Å². The van der Waals surface area contributed by atoms with Crippen LogP contribution in [0.15, 0.2) is 30.9 Å². The largest absolute Gasteiger partial charge is 0.486 e. The van der Waals surface area contributed by atoms with Crippen LogP contribution >= 0.6 is 12.8 Å². The van der Waals surface area contributed by atoms with Gasteiger partial charge in [0.15, 0.2) is 11.6 Å². The summed E-state index contributed by atoms with van der Waals surface area (Å²) < 4.78 is 20.9. The summed E-state index contributed by atoms with van der Waals surface area (Å²) in [7, 11) is 0. The predicted octanol–water partition coefficient (Wildman–Crippen LogP) is 2.32. The molecule has 0 heterocycles. The van der Waals surface area contributed by atoms with E-state index in [0.717, 1.165) is 5.56 Å². The lowest BCUT2D eigenvalue weighted by atomic mass is 10.2. The van der Waals surface area contributed by atoms with Gasteiger partial charge in [0, 0.05) is 6.54 Å². The van der Waals surface area contributed by atoms with Gasteiger partial charge < -0.3 is 4.74 Å². The van der Waals surface area contributed by atoms with Crippen molar-refractivity contribution in [3.63, 3.8) is 0 Å². The van der Waals surface area contributed by atoms with E-state index < -0.39 is 0 Å². The van der Waals surface area contributed by atoms with Crippen molar-refractivity contribution in [2.45, 2.75) is 6.54 Å². The topological polar surface area (TPSA) is 21.3 Å². The lowest BCUT2D eigenvalue weighted by Gasteiger charge is -2.06. The lowest BCUT2D eigenvalue weighted by Crippen LogP contribution is -2.01. The van der Waals surface area contributed by atoms with Crippen molar-refractivity contribution in [2.24, 2.45) is 0 Å². The van der Waals surface area contributed by atoms with E-state index in [4.69, 9.17) is 4.74 Å². The Morgan fingerprint density at radius 3 is 3.00 bits per heavy atom. The molecule has 0 fully saturated rings. The Morgan fingerprint density at radius 2 is 2.36 bits per heavy atom. The fourth-order valence-electron chi connectivity index (χ4n) is 1.01. The molecule has 0 atom stereocenters. The van der Waals surface area contributed by atoms with Crippen LogP contribution < -0.4 is 9.46 Å². The fraction of sp³-hybridized carbons (Fsp3) is 0.200. The van der Waals surface area contributed by atoms with E-state index in [-0.39, 0.29) is 11.6 Å². The predicted molar refractivity (Wildman–Crippen MR) is 57.9 cm³/mol. The van der Waals surface area contributed by atoms with Gasteiger partial charge in [0.05, 0.1) is 0 Å². The molecule has 76 valence electrons. The standard InChI is InChI=1S/C10H12FNOS/c1-2-5-13-10-6-8(7-12-14)3-4-9(10)11/h2-4,6,12,14H,1,5,7H2. The van der Waals surface area contributed by atoms with Crippen LogP contribution in [0, 0.1) is 5.82 Å². The number of benzene rings is 1. The van der Waals surface area contributed by atoms with Crippen molar-refractivity contribution in [1.29, 1.82) is 0 Å². The quantitative estimate of drug-likeness (QED) is 0.578. The molecule has 0 aliphatic rings. The molecule has 14 heavy (non-hydrogen) atoms. The van der Waals surface area contributed by atoms with E-state index in [2.05, 4.69) is 24.1 Å². The molecule has 0 bridgehead atoms. The van der Waals surface area contributed by atoms with Crippen LogP contribution in [-0.4, -0.2) is 6.61 Å². The number of rotatable bonds is 5. The summed E-state index contributed by atoms with van der Waals surface area (Å²) >= 11 is 3.86. The minimum Gasteiger partial charge on any atom is -0.486 e. The van der Waals surface area contributed by atoms with Gasteiger partial charge >= 0.3 is 0 Å². The van der Waals surface area contributed by atoms with Gasteiger partial charge in [-0.3, -0.25) is 4.72 Å². The first-order valence-electron chi connectivity index (χ1n) is 4.17. The number of ether oxygens (including phenoxy) is 1. The van der Waals surface area contributed by atoms with Crippen LogP contribution in [0.5, 0.6) is 5.75 Å². The fourth-order valence-corrected chi connectivity index (χ4v) is 1.19. The molecule has 0 aromatic heterocycles. The lowest BCUT2D eigenvalue weighted by molar-refractivity contribution is 0.341. The highest BCUT2D eigenvalue weighted by atomic mass is 32.1. The Kier molecular flexibility index (Phi) is 4.49. The highest BCUT2D eigenvalue weighted by Crippen LogP contribution is 2.18. The molecular weight excluding hydrogens is 201 g/mol. The second kappa shape index (κ2) is 5.67. The highest BCUT2D eigenvalue weighted by Gasteiger charge is 2.03. The van der Waals surface area contributed by atoms with Gasteiger partial charge in [-0.2, -0.15) is 0 Å². The van der Waals surface area contributed by atoms with E-state index >= 15 is 0 Å². The number of hydrogen-bond donors (Lipinski definition) is 2. The first-order chi connectivity index (χ1) is 6.77. The van der Waals surface area contributed by atoms with Gasteiger partial charge in [-0.05, 0) is 17.7 Å². The third-order valence-electron chi connectivity index (χ3n) is 1.64. The zero-order chi connectivity index (χ0) is 10.4. The SMILES string of the molecule is C=CCOc1cc(CNS)ccc1F. The average Bonchev–Trinajstić information content (AvgIpc) is 2.19. The van der Waals surface area contributed by atoms with Gasteiger partial charge in [-0.25, -0.2) is 4.39 Å². The van der Waals surface area contributed by atoms with Crippen molar-refractivity contribution in [1.82, 2.24) is 4.72 Å². The minimum atomic E-state index is -0.366. The summed E-state index contributed by atoms with van der Waals surface area (Å²) in [6, 6.07) is 4.69. The first kappa shape index (κ1) is 11.1. The average molecular weight is 213 g/mol. The van der Waals surface area contributed by atoms with Gasteiger partial charge in [0.2, 0.25) is 0 Å². The van der Waals surface area contributed by atoms with Gasteiger partial charge in [0.1, 0.15) is 6.61 Å². The molecule has 0 saturated heterocycles. The Hall–Kier alpha value is -1.00. The molecule has 0 aliphatic heterocycles. The number of hydrogen-bond acceptors (Lipinski definition) is 3. The van der Waals surface area contributed by atoms with Crippen LogP contribution in [0.25, 0.3) is 0 Å². The van der Waals surface area contributed by atoms with Crippen molar-refractivity contribution in [2.75, 3.05) is 6.61 Å². The van der Waals surface area contributed by atoms with Gasteiger partial charge in [-0.1, -0.05) is 31.5 Å². The van der Waals surface area contributed by atoms with Crippen molar-refractivity contribution in [3.05, 3.63) is 42.2 Å². The van der Waals surface area contributed by atoms with Crippen LogP contribution in [0.4, 0.5) is 4.39 Å². The molecule has 0 aliphatic carbocycles. The summed E-state index contributed by atoms with van der Waals surface area (Å²) in [5.41, 5.74) is 0.917. The van der Waals surface area contributed by atoms with Crippen molar-refractivity contribution in [3.8, 4) is 5.75 Å². The maximum absolute atomic E-state index is 13.1. The smallest absolute Gasteiger partial charge is 0.165 e. The summed E-state index contributed by atoms with van der Waals surface area (Å²) in [5.74, 6) is -0.124. The Morgan fingerprint density at radius 1 is 1.57 bits per heavy atom. The van der Waals surface area contributed by atoms with Crippen LogP contribution in [0.2, 0.25) is 0 Å². The highest BCUT2D eigenvalue weighted by molar-refractivity contribution is 7.78. The summed E-state index contributed by atoms with van der Waals surface area (Å²) in [4.78, 5) is 0. The Bertz CT molecular complexity index is 317. The van der Waals surface area contributed by atoms with Crippen LogP contribution in [-0.2, 0) is 6.54 Å². The zero-order valence-electron chi connectivity index (χ0n) is 7.66. The molecule has 2 nitrogen and oxygen atoms in total. The van der Waals surface area contributed by atoms with Crippen molar-refractivity contribution < 1.29 is 9.13 Å². The maximum Gasteiger partial charge on any atom is 0.165 e. The third-order valence-corrected chi connectivity index (χ3v) is 1.79. The Balaban J connectivity index is 2.78. The van der Waals surface area contributed by atoms with E-state index in [9.17, 15) is 4.39 Å². The third kappa shape index (κ3) is 3.05. The molecule has 1 N–H and O–H groups in total. The molecule has 1 aromatic carbocycles. The summed E-state index contributed by atoms with van der Waals surface area (Å²) in [6.45, 7) is 4.36. The van der Waals surface area contributed by atoms with E-state index in [1.165, 1.54) is 6.07 Å². The molecule has 4 heteroatoms. The normalized spacial score (nSPS) is 9.86.